The Balaban J connectivity index is 1.49. The van der Waals surface area contributed by atoms with Gasteiger partial charge in [-0.2, -0.15) is 0 Å². The number of amides is 2. The molecule has 1 N–H and O–H groups in total. The first kappa shape index (κ1) is 19.7. The van der Waals surface area contributed by atoms with Crippen molar-refractivity contribution in [3.05, 3.63) is 74.6 Å². The van der Waals surface area contributed by atoms with Gasteiger partial charge in [-0.3, -0.25) is 9.59 Å². The molecule has 3 aromatic rings. The van der Waals surface area contributed by atoms with Crippen LogP contribution in [0.4, 0.5) is 5.69 Å². The number of carbonyl (C=O) groups is 2. The van der Waals surface area contributed by atoms with Crippen LogP contribution in [0.2, 0.25) is 10.0 Å². The van der Waals surface area contributed by atoms with Crippen LogP contribution in [0.1, 0.15) is 12.0 Å². The number of nitrogens with zero attached hydrogens (tertiary/aromatic N) is 1. The molecule has 6 nitrogen and oxygen atoms in total. The number of hydrogen-bond acceptors (Lipinski definition) is 5. The summed E-state index contributed by atoms with van der Waals surface area (Å²) < 4.78 is 5.29. The summed E-state index contributed by atoms with van der Waals surface area (Å²) in [5.74, 6) is -0.868. The van der Waals surface area contributed by atoms with Crippen LogP contribution in [-0.4, -0.2) is 22.1 Å². The van der Waals surface area contributed by atoms with Gasteiger partial charge in [-0.05, 0) is 30.3 Å². The van der Waals surface area contributed by atoms with Crippen LogP contribution >= 0.6 is 35.0 Å². The van der Waals surface area contributed by atoms with Crippen molar-refractivity contribution in [3.8, 4) is 0 Å². The molecule has 2 aromatic carbocycles. The minimum atomic E-state index is -0.731. The zero-order valence-electron chi connectivity index (χ0n) is 14.6. The Morgan fingerprint density at radius 3 is 2.59 bits per heavy atom. The second-order valence-corrected chi connectivity index (χ2v) is 8.32. The van der Waals surface area contributed by atoms with E-state index in [1.54, 1.807) is 42.5 Å². The molecule has 0 saturated carbocycles. The molecule has 29 heavy (non-hydrogen) atoms. The van der Waals surface area contributed by atoms with Gasteiger partial charge in [0.15, 0.2) is 0 Å². The van der Waals surface area contributed by atoms with E-state index in [0.29, 0.717) is 21.3 Å². The Morgan fingerprint density at radius 2 is 1.83 bits per heavy atom. The smallest absolute Gasteiger partial charge is 0.346 e. The lowest BCUT2D eigenvalue weighted by Crippen LogP contribution is -2.21. The SMILES string of the molecule is O=C(C[C@@H]1SC(c2cc3ccccc3oc2=O)=NC1=O)Nc1cc(Cl)cc(Cl)c1. The average Bonchev–Trinajstić information content (AvgIpc) is 3.00. The lowest BCUT2D eigenvalue weighted by atomic mass is 10.2. The Labute approximate surface area is 178 Å². The summed E-state index contributed by atoms with van der Waals surface area (Å²) in [5, 5.41) is 3.66. The van der Waals surface area contributed by atoms with Crippen LogP contribution in [-0.2, 0) is 9.59 Å². The van der Waals surface area contributed by atoms with E-state index in [1.807, 2.05) is 6.07 Å². The standard InChI is InChI=1S/C20H12Cl2N2O4S/c21-11-6-12(22)8-13(7-11)23-17(25)9-16-18(26)24-19(29-16)14-5-10-3-1-2-4-15(10)28-20(14)27/h1-8,16H,9H2,(H,23,25)/t16-/m0/s1. The summed E-state index contributed by atoms with van der Waals surface area (Å²) in [7, 11) is 0. The maximum Gasteiger partial charge on any atom is 0.346 e. The van der Waals surface area contributed by atoms with Gasteiger partial charge in [-0.1, -0.05) is 53.2 Å². The number of nitrogens with one attached hydrogen (secondary N) is 1. The quantitative estimate of drug-likeness (QED) is 0.595. The molecule has 146 valence electrons. The third kappa shape index (κ3) is 4.37. The van der Waals surface area contributed by atoms with E-state index < -0.39 is 22.7 Å². The summed E-state index contributed by atoms with van der Waals surface area (Å²) in [6.07, 6.45) is -0.112. The minimum Gasteiger partial charge on any atom is -0.422 e. The van der Waals surface area contributed by atoms with Crippen LogP contribution in [0.15, 0.2) is 62.7 Å². The molecule has 0 bridgehead atoms. The molecule has 2 amide bonds. The number of rotatable bonds is 4. The highest BCUT2D eigenvalue weighted by Gasteiger charge is 2.32. The van der Waals surface area contributed by atoms with Crippen LogP contribution < -0.4 is 10.9 Å². The van der Waals surface area contributed by atoms with E-state index in [0.717, 1.165) is 17.1 Å². The lowest BCUT2D eigenvalue weighted by molar-refractivity contribution is -0.121. The number of fused-ring (bicyclic) bond motifs is 1. The van der Waals surface area contributed by atoms with Gasteiger partial charge >= 0.3 is 5.63 Å². The van der Waals surface area contributed by atoms with Gasteiger partial charge < -0.3 is 9.73 Å². The molecule has 1 aliphatic rings. The molecule has 0 unspecified atom stereocenters. The lowest BCUT2D eigenvalue weighted by Gasteiger charge is -2.09. The molecule has 1 atom stereocenters. The zero-order chi connectivity index (χ0) is 20.5. The van der Waals surface area contributed by atoms with Crippen molar-refractivity contribution in [2.45, 2.75) is 11.7 Å². The van der Waals surface area contributed by atoms with Crippen molar-refractivity contribution in [3.63, 3.8) is 0 Å². The van der Waals surface area contributed by atoms with Gasteiger partial charge in [0.25, 0.3) is 5.91 Å². The van der Waals surface area contributed by atoms with Gasteiger partial charge in [-0.25, -0.2) is 9.79 Å². The minimum absolute atomic E-state index is 0.112. The zero-order valence-corrected chi connectivity index (χ0v) is 17.0. The van der Waals surface area contributed by atoms with Crippen LogP contribution in [0, 0.1) is 0 Å². The fourth-order valence-corrected chi connectivity index (χ4v) is 4.45. The van der Waals surface area contributed by atoms with E-state index in [2.05, 4.69) is 10.3 Å². The first-order chi connectivity index (χ1) is 13.9. The van der Waals surface area contributed by atoms with E-state index in [-0.39, 0.29) is 17.0 Å². The van der Waals surface area contributed by atoms with E-state index >= 15 is 0 Å². The molecule has 1 aliphatic heterocycles. The molecule has 1 aromatic heterocycles. The number of thioether (sulfide) groups is 1. The van der Waals surface area contributed by atoms with Gasteiger partial charge in [-0.15, -0.1) is 0 Å². The summed E-state index contributed by atoms with van der Waals surface area (Å²) >= 11 is 12.9. The molecule has 0 spiro atoms. The number of carbonyl (C=O) groups excluding carboxylic acids is 2. The Kier molecular flexibility index (Phi) is 5.45. The number of para-hydroxylation sites is 1. The normalized spacial score (nSPS) is 16.1. The Morgan fingerprint density at radius 1 is 1.10 bits per heavy atom. The largest absolute Gasteiger partial charge is 0.422 e. The maximum absolute atomic E-state index is 12.3. The summed E-state index contributed by atoms with van der Waals surface area (Å²) in [6, 6.07) is 13.3. The molecule has 0 aliphatic carbocycles. The summed E-state index contributed by atoms with van der Waals surface area (Å²) in [6.45, 7) is 0. The Bertz CT molecular complexity index is 1220. The fraction of sp³-hybridized carbons (Fsp3) is 0.100. The molecule has 0 radical (unpaired) electrons. The second-order valence-electron chi connectivity index (χ2n) is 6.26. The highest BCUT2D eigenvalue weighted by atomic mass is 35.5. The van der Waals surface area contributed by atoms with Gasteiger partial charge in [0.1, 0.15) is 15.9 Å². The maximum atomic E-state index is 12.3. The number of halogens is 2. The van der Waals surface area contributed by atoms with Crippen molar-refractivity contribution >= 4 is 68.5 Å². The third-order valence-electron chi connectivity index (χ3n) is 4.13. The number of hydrogen-bond donors (Lipinski definition) is 1. The highest BCUT2D eigenvalue weighted by Crippen LogP contribution is 2.30. The average molecular weight is 447 g/mol. The fourth-order valence-electron chi connectivity index (χ4n) is 2.85. The van der Waals surface area contributed by atoms with Crippen molar-refractivity contribution < 1.29 is 14.0 Å². The molecule has 0 saturated heterocycles. The van der Waals surface area contributed by atoms with Crippen LogP contribution in [0.3, 0.4) is 0 Å². The predicted octanol–water partition coefficient (Wildman–Crippen LogP) is 4.52. The van der Waals surface area contributed by atoms with E-state index in [4.69, 9.17) is 27.6 Å². The molecule has 9 heteroatoms. The van der Waals surface area contributed by atoms with Crippen molar-refractivity contribution in [1.82, 2.24) is 0 Å². The van der Waals surface area contributed by atoms with Crippen LogP contribution in [0.5, 0.6) is 0 Å². The molecular weight excluding hydrogens is 435 g/mol. The monoisotopic (exact) mass is 446 g/mol. The van der Waals surface area contributed by atoms with Crippen LogP contribution in [0.25, 0.3) is 11.0 Å². The van der Waals surface area contributed by atoms with E-state index in [9.17, 15) is 14.4 Å². The topological polar surface area (TPSA) is 88.7 Å². The molecule has 4 rings (SSSR count). The molecule has 2 heterocycles. The first-order valence-electron chi connectivity index (χ1n) is 8.47. The van der Waals surface area contributed by atoms with Gasteiger partial charge in [0.2, 0.25) is 5.91 Å². The van der Waals surface area contributed by atoms with Crippen molar-refractivity contribution in [1.29, 1.82) is 0 Å². The second kappa shape index (κ2) is 8.02. The third-order valence-corrected chi connectivity index (χ3v) is 5.75. The van der Waals surface area contributed by atoms with Crippen molar-refractivity contribution in [2.24, 2.45) is 4.99 Å². The molecule has 0 fully saturated rings. The summed E-state index contributed by atoms with van der Waals surface area (Å²) in [5.41, 5.74) is 0.500. The first-order valence-corrected chi connectivity index (χ1v) is 10.1. The van der Waals surface area contributed by atoms with Gasteiger partial charge in [0.05, 0.1) is 5.56 Å². The number of aliphatic imine (C=N–C) groups is 1. The Hall–Kier alpha value is -2.61. The molecular formula is C20H12Cl2N2O4S. The van der Waals surface area contributed by atoms with E-state index in [1.165, 1.54) is 0 Å². The number of anilines is 1. The number of benzene rings is 2. The summed E-state index contributed by atoms with van der Waals surface area (Å²) in [4.78, 5) is 40.8. The van der Waals surface area contributed by atoms with Gasteiger partial charge in [0, 0.05) is 27.5 Å². The van der Waals surface area contributed by atoms with Crippen molar-refractivity contribution in [2.75, 3.05) is 5.32 Å². The predicted molar refractivity (Wildman–Crippen MR) is 115 cm³/mol. The highest BCUT2D eigenvalue weighted by molar-refractivity contribution is 8.16.